The smallest absolute Gasteiger partial charge is 0.305 e. The first-order valence-electron chi connectivity index (χ1n) is 13.7. The van der Waals surface area contributed by atoms with Crippen LogP contribution >= 0.6 is 15.9 Å². The van der Waals surface area contributed by atoms with Crippen molar-refractivity contribution >= 4 is 39.3 Å². The summed E-state index contributed by atoms with van der Waals surface area (Å²) in [5, 5.41) is 14.6. The third-order valence-corrected chi connectivity index (χ3v) is 7.83. The summed E-state index contributed by atoms with van der Waals surface area (Å²) in [5.41, 5.74) is 5.93. The molecule has 40 heavy (non-hydrogen) atoms. The van der Waals surface area contributed by atoms with Crippen LogP contribution < -0.4 is 10.6 Å². The molecule has 6 nitrogen and oxygen atoms in total. The summed E-state index contributed by atoms with van der Waals surface area (Å²) in [6.07, 6.45) is 7.32. The second kappa shape index (κ2) is 14.1. The van der Waals surface area contributed by atoms with Crippen LogP contribution in [0.1, 0.15) is 83.6 Å². The third-order valence-electron chi connectivity index (χ3n) is 7.30. The van der Waals surface area contributed by atoms with Gasteiger partial charge in [-0.15, -0.1) is 0 Å². The molecule has 0 radical (unpaired) electrons. The lowest BCUT2D eigenvalue weighted by Gasteiger charge is -2.22. The molecule has 1 aliphatic carbocycles. The second-order valence-electron chi connectivity index (χ2n) is 10.2. The van der Waals surface area contributed by atoms with Crippen LogP contribution in [0.25, 0.3) is 5.57 Å². The number of hydrogen-bond acceptors (Lipinski definition) is 3. The molecule has 0 aromatic heterocycles. The van der Waals surface area contributed by atoms with E-state index in [1.807, 2.05) is 43.3 Å². The zero-order valence-electron chi connectivity index (χ0n) is 22.7. The van der Waals surface area contributed by atoms with Gasteiger partial charge in [0.1, 0.15) is 0 Å². The van der Waals surface area contributed by atoms with Crippen LogP contribution in [-0.2, 0) is 16.0 Å². The molecular weight excluding hydrogens is 568 g/mol. The Labute approximate surface area is 244 Å². The van der Waals surface area contributed by atoms with Gasteiger partial charge in [-0.2, -0.15) is 0 Å². The van der Waals surface area contributed by atoms with E-state index in [2.05, 4.69) is 56.9 Å². The average Bonchev–Trinajstić information content (AvgIpc) is 2.97. The lowest BCUT2D eigenvalue weighted by Crippen LogP contribution is -2.32. The summed E-state index contributed by atoms with van der Waals surface area (Å²) in [6, 6.07) is 23.3. The number of nitrogens with one attached hydrogen (secondary N) is 2. The molecule has 0 bridgehead atoms. The SMILES string of the molecule is CC(NC(=O)C(Cc1ccc(C(=O)NCCC(=O)O)cc1)c1ccc(C2=CCCCC2)cc1)c1ccc(Br)cc1. The molecule has 0 spiro atoms. The zero-order chi connectivity index (χ0) is 28.5. The van der Waals surface area contributed by atoms with E-state index in [9.17, 15) is 14.4 Å². The van der Waals surface area contributed by atoms with Crippen LogP contribution in [0.2, 0.25) is 0 Å². The van der Waals surface area contributed by atoms with Crippen LogP contribution in [0.15, 0.2) is 83.3 Å². The Morgan fingerprint density at radius 1 is 0.900 bits per heavy atom. The maximum absolute atomic E-state index is 13.7. The molecule has 4 rings (SSSR count). The molecule has 3 N–H and O–H groups in total. The number of halogens is 1. The highest BCUT2D eigenvalue weighted by atomic mass is 79.9. The van der Waals surface area contributed by atoms with Crippen LogP contribution in [0.3, 0.4) is 0 Å². The van der Waals surface area contributed by atoms with Gasteiger partial charge in [-0.25, -0.2) is 0 Å². The van der Waals surface area contributed by atoms with Crippen molar-refractivity contribution in [2.24, 2.45) is 0 Å². The number of amides is 2. The second-order valence-corrected chi connectivity index (χ2v) is 11.1. The lowest BCUT2D eigenvalue weighted by atomic mass is 9.88. The molecule has 0 saturated heterocycles. The average molecular weight is 604 g/mol. The summed E-state index contributed by atoms with van der Waals surface area (Å²) in [5.74, 6) is -1.76. The number of rotatable bonds is 11. The van der Waals surface area contributed by atoms with Gasteiger partial charge in [0.05, 0.1) is 18.4 Å². The minimum absolute atomic E-state index is 0.0597. The van der Waals surface area contributed by atoms with E-state index in [-0.39, 0.29) is 30.8 Å². The number of carboxylic acid groups (broad SMARTS) is 1. The largest absolute Gasteiger partial charge is 0.481 e. The molecule has 0 saturated carbocycles. The standard InChI is InChI=1S/C33H35BrN2O4/c1-22(24-15-17-29(34)18-16-24)36-33(40)30(27-13-11-26(12-14-27)25-5-3-2-4-6-25)21-23-7-9-28(10-8-23)32(39)35-20-19-31(37)38/h5,7-18,22,30H,2-4,6,19-21H2,1H3,(H,35,39)(H,36,40)(H,37,38). The minimum atomic E-state index is -0.960. The highest BCUT2D eigenvalue weighted by Gasteiger charge is 2.24. The number of allylic oxidation sites excluding steroid dienone is 2. The van der Waals surface area contributed by atoms with E-state index in [0.717, 1.165) is 34.0 Å². The van der Waals surface area contributed by atoms with Crippen molar-refractivity contribution in [1.82, 2.24) is 10.6 Å². The fourth-order valence-electron chi connectivity index (χ4n) is 4.95. The summed E-state index contributed by atoms with van der Waals surface area (Å²) >= 11 is 3.46. The van der Waals surface area contributed by atoms with Crippen LogP contribution in [0.5, 0.6) is 0 Å². The number of hydrogen-bond donors (Lipinski definition) is 3. The Morgan fingerprint density at radius 2 is 1.57 bits per heavy atom. The van der Waals surface area contributed by atoms with E-state index >= 15 is 0 Å². The lowest BCUT2D eigenvalue weighted by molar-refractivity contribution is -0.136. The van der Waals surface area contributed by atoms with Gasteiger partial charge in [-0.1, -0.05) is 70.5 Å². The van der Waals surface area contributed by atoms with Crippen molar-refractivity contribution in [3.63, 3.8) is 0 Å². The van der Waals surface area contributed by atoms with Gasteiger partial charge < -0.3 is 15.7 Å². The first-order chi connectivity index (χ1) is 19.3. The van der Waals surface area contributed by atoms with Gasteiger partial charge in [0.25, 0.3) is 5.91 Å². The monoisotopic (exact) mass is 602 g/mol. The Bertz CT molecular complexity index is 1350. The molecular formula is C33H35BrN2O4. The Kier molecular flexibility index (Phi) is 10.3. The quantitative estimate of drug-likeness (QED) is 0.224. The van der Waals surface area contributed by atoms with Crippen molar-refractivity contribution < 1.29 is 19.5 Å². The third kappa shape index (κ3) is 8.15. The number of carbonyl (C=O) groups is 3. The van der Waals surface area contributed by atoms with Gasteiger partial charge >= 0.3 is 5.97 Å². The first-order valence-corrected chi connectivity index (χ1v) is 14.5. The van der Waals surface area contributed by atoms with Gasteiger partial charge in [0.2, 0.25) is 5.91 Å². The van der Waals surface area contributed by atoms with Crippen LogP contribution in [0, 0.1) is 0 Å². The molecule has 1 aliphatic rings. The van der Waals surface area contributed by atoms with Crippen molar-refractivity contribution in [1.29, 1.82) is 0 Å². The topological polar surface area (TPSA) is 95.5 Å². The van der Waals surface area contributed by atoms with E-state index in [1.54, 1.807) is 12.1 Å². The number of carbonyl (C=O) groups excluding carboxylic acids is 2. The molecule has 3 aromatic carbocycles. The normalized spacial score (nSPS) is 14.5. The molecule has 2 amide bonds. The van der Waals surface area contributed by atoms with Gasteiger partial charge in [0.15, 0.2) is 0 Å². The van der Waals surface area contributed by atoms with Gasteiger partial charge in [0, 0.05) is 16.6 Å². The summed E-state index contributed by atoms with van der Waals surface area (Å²) in [6.45, 7) is 2.05. The van der Waals surface area contributed by atoms with E-state index in [4.69, 9.17) is 5.11 Å². The number of carboxylic acids is 1. The molecule has 2 atom stereocenters. The predicted octanol–water partition coefficient (Wildman–Crippen LogP) is 6.81. The van der Waals surface area contributed by atoms with E-state index in [0.29, 0.717) is 12.0 Å². The van der Waals surface area contributed by atoms with E-state index < -0.39 is 11.9 Å². The molecule has 2 unspecified atom stereocenters. The summed E-state index contributed by atoms with van der Waals surface area (Å²) in [4.78, 5) is 36.8. The molecule has 3 aromatic rings. The summed E-state index contributed by atoms with van der Waals surface area (Å²) in [7, 11) is 0. The maximum atomic E-state index is 13.7. The highest BCUT2D eigenvalue weighted by molar-refractivity contribution is 9.10. The molecule has 0 aliphatic heterocycles. The fourth-order valence-corrected chi connectivity index (χ4v) is 5.22. The highest BCUT2D eigenvalue weighted by Crippen LogP contribution is 2.29. The maximum Gasteiger partial charge on any atom is 0.305 e. The van der Waals surface area contributed by atoms with Crippen LogP contribution in [-0.4, -0.2) is 29.4 Å². The molecule has 0 heterocycles. The number of benzene rings is 3. The van der Waals surface area contributed by atoms with Crippen molar-refractivity contribution in [3.8, 4) is 0 Å². The molecule has 0 fully saturated rings. The number of aliphatic carboxylic acids is 1. The van der Waals surface area contributed by atoms with Gasteiger partial charge in [-0.05, 0) is 91.1 Å². The molecule has 7 heteroatoms. The Hall–Kier alpha value is -3.71. The fraction of sp³-hybridized carbons (Fsp3) is 0.303. The molecule has 208 valence electrons. The van der Waals surface area contributed by atoms with Crippen LogP contribution in [0.4, 0.5) is 0 Å². The Morgan fingerprint density at radius 3 is 2.20 bits per heavy atom. The predicted molar refractivity (Wildman–Crippen MR) is 161 cm³/mol. The van der Waals surface area contributed by atoms with Crippen molar-refractivity contribution in [2.75, 3.05) is 6.54 Å². The summed E-state index contributed by atoms with van der Waals surface area (Å²) < 4.78 is 0.986. The van der Waals surface area contributed by atoms with Gasteiger partial charge in [-0.3, -0.25) is 14.4 Å². The van der Waals surface area contributed by atoms with E-state index in [1.165, 1.54) is 24.0 Å². The Balaban J connectivity index is 1.52. The van der Waals surface area contributed by atoms with Crippen molar-refractivity contribution in [3.05, 3.63) is 111 Å². The van der Waals surface area contributed by atoms with Crippen molar-refractivity contribution in [2.45, 2.75) is 57.4 Å². The first kappa shape index (κ1) is 29.3. The zero-order valence-corrected chi connectivity index (χ0v) is 24.2. The minimum Gasteiger partial charge on any atom is -0.481 e.